The molecule has 1 heteroatoms. The lowest BCUT2D eigenvalue weighted by Crippen LogP contribution is -2.31. The Kier molecular flexibility index (Phi) is 2.83. The van der Waals surface area contributed by atoms with E-state index in [-0.39, 0.29) is 11.2 Å². The van der Waals surface area contributed by atoms with Crippen LogP contribution >= 0.6 is 0 Å². The molecule has 0 amide bonds. The minimum atomic E-state index is -0.254. The summed E-state index contributed by atoms with van der Waals surface area (Å²) in [6, 6.07) is 21.1. The van der Waals surface area contributed by atoms with Crippen molar-refractivity contribution < 1.29 is 4.74 Å². The van der Waals surface area contributed by atoms with Gasteiger partial charge in [-0.05, 0) is 35.4 Å². The van der Waals surface area contributed by atoms with Crippen LogP contribution in [0.1, 0.15) is 11.1 Å². The number of benzene rings is 2. The maximum Gasteiger partial charge on any atom is 0.110 e. The van der Waals surface area contributed by atoms with Gasteiger partial charge in [0.15, 0.2) is 0 Å². The van der Waals surface area contributed by atoms with Crippen LogP contribution in [0.3, 0.4) is 0 Å². The molecular formula is C20H18O. The van der Waals surface area contributed by atoms with Crippen molar-refractivity contribution in [1.29, 1.82) is 0 Å². The lowest BCUT2D eigenvalue weighted by atomic mass is 9.88. The highest BCUT2D eigenvalue weighted by Crippen LogP contribution is 2.43. The Morgan fingerprint density at radius 2 is 0.952 bits per heavy atom. The Morgan fingerprint density at radius 1 is 0.571 bits per heavy atom. The van der Waals surface area contributed by atoms with Crippen molar-refractivity contribution >= 4 is 0 Å². The van der Waals surface area contributed by atoms with Gasteiger partial charge in [-0.15, -0.1) is 0 Å². The largest absolute Gasteiger partial charge is 0.351 e. The fourth-order valence-corrected chi connectivity index (χ4v) is 3.30. The SMILES string of the molecule is C1=CC2(Cc3ccccc3)C=CC1(Cc1ccccc1)O2. The molecule has 104 valence electrons. The molecule has 0 saturated heterocycles. The second kappa shape index (κ2) is 4.71. The zero-order chi connectivity index (χ0) is 14.2. The van der Waals surface area contributed by atoms with Crippen molar-refractivity contribution in [2.45, 2.75) is 24.0 Å². The molecule has 0 saturated carbocycles. The van der Waals surface area contributed by atoms with E-state index in [0.717, 1.165) is 12.8 Å². The zero-order valence-corrected chi connectivity index (χ0v) is 11.9. The van der Waals surface area contributed by atoms with Gasteiger partial charge >= 0.3 is 0 Å². The van der Waals surface area contributed by atoms with Crippen molar-refractivity contribution in [3.63, 3.8) is 0 Å². The van der Waals surface area contributed by atoms with Crippen LogP contribution in [0.4, 0.5) is 0 Å². The number of rotatable bonds is 4. The molecule has 2 aliphatic heterocycles. The van der Waals surface area contributed by atoms with Gasteiger partial charge in [-0.3, -0.25) is 0 Å². The molecule has 2 aromatic carbocycles. The van der Waals surface area contributed by atoms with Gasteiger partial charge in [-0.2, -0.15) is 0 Å². The number of hydrogen-bond donors (Lipinski definition) is 0. The predicted molar refractivity (Wildman–Crippen MR) is 85.1 cm³/mol. The van der Waals surface area contributed by atoms with E-state index in [1.165, 1.54) is 11.1 Å². The van der Waals surface area contributed by atoms with Crippen LogP contribution in [-0.2, 0) is 17.6 Å². The molecule has 1 nitrogen and oxygen atoms in total. The van der Waals surface area contributed by atoms with E-state index in [4.69, 9.17) is 4.74 Å². The van der Waals surface area contributed by atoms with Gasteiger partial charge in [0.05, 0.1) is 0 Å². The minimum Gasteiger partial charge on any atom is -0.351 e. The summed E-state index contributed by atoms with van der Waals surface area (Å²) in [6.45, 7) is 0. The summed E-state index contributed by atoms with van der Waals surface area (Å²) in [6.07, 6.45) is 10.7. The Labute approximate surface area is 125 Å². The van der Waals surface area contributed by atoms with E-state index in [1.54, 1.807) is 0 Å². The molecule has 0 spiro atoms. The van der Waals surface area contributed by atoms with Crippen LogP contribution < -0.4 is 0 Å². The first-order chi connectivity index (χ1) is 10.3. The molecule has 2 aromatic rings. The molecule has 4 rings (SSSR count). The topological polar surface area (TPSA) is 9.23 Å². The Hall–Kier alpha value is -2.12. The summed E-state index contributed by atoms with van der Waals surface area (Å²) in [4.78, 5) is 0. The second-order valence-electron chi connectivity index (χ2n) is 6.00. The van der Waals surface area contributed by atoms with Gasteiger partial charge in [0.2, 0.25) is 0 Å². The van der Waals surface area contributed by atoms with E-state index in [9.17, 15) is 0 Å². The van der Waals surface area contributed by atoms with Gasteiger partial charge in [0.25, 0.3) is 0 Å². The quantitative estimate of drug-likeness (QED) is 0.763. The van der Waals surface area contributed by atoms with Crippen molar-refractivity contribution in [1.82, 2.24) is 0 Å². The van der Waals surface area contributed by atoms with Crippen LogP contribution in [0.25, 0.3) is 0 Å². The molecule has 0 radical (unpaired) electrons. The maximum absolute atomic E-state index is 6.43. The summed E-state index contributed by atoms with van der Waals surface area (Å²) >= 11 is 0. The van der Waals surface area contributed by atoms with Gasteiger partial charge in [-0.25, -0.2) is 0 Å². The molecule has 2 bridgehead atoms. The first kappa shape index (κ1) is 12.6. The summed E-state index contributed by atoms with van der Waals surface area (Å²) < 4.78 is 6.43. The standard InChI is InChI=1S/C20H18O/c1-3-7-17(8-4-1)15-19-11-13-20(21-19,14-12-19)16-18-9-5-2-6-10-18/h1-14H,15-16H2. The van der Waals surface area contributed by atoms with E-state index in [2.05, 4.69) is 85.0 Å². The molecule has 0 atom stereocenters. The first-order valence-electron chi connectivity index (χ1n) is 7.47. The second-order valence-corrected chi connectivity index (χ2v) is 6.00. The average Bonchev–Trinajstić information content (AvgIpc) is 3.04. The summed E-state index contributed by atoms with van der Waals surface area (Å²) in [5.41, 5.74) is 2.11. The monoisotopic (exact) mass is 274 g/mol. The van der Waals surface area contributed by atoms with E-state index in [0.29, 0.717) is 0 Å². The molecule has 2 aliphatic rings. The predicted octanol–water partition coefficient (Wildman–Crippen LogP) is 4.11. The lowest BCUT2D eigenvalue weighted by Gasteiger charge is -2.26. The van der Waals surface area contributed by atoms with Crippen LogP contribution in [0.15, 0.2) is 85.0 Å². The molecule has 0 fully saturated rings. The lowest BCUT2D eigenvalue weighted by molar-refractivity contribution is -0.0148. The van der Waals surface area contributed by atoms with Crippen LogP contribution in [0, 0.1) is 0 Å². The van der Waals surface area contributed by atoms with Gasteiger partial charge in [0.1, 0.15) is 11.2 Å². The van der Waals surface area contributed by atoms with Crippen molar-refractivity contribution in [3.8, 4) is 0 Å². The summed E-state index contributed by atoms with van der Waals surface area (Å²) in [5, 5.41) is 0. The molecule has 21 heavy (non-hydrogen) atoms. The summed E-state index contributed by atoms with van der Waals surface area (Å²) in [7, 11) is 0. The van der Waals surface area contributed by atoms with Crippen molar-refractivity contribution in [2.75, 3.05) is 0 Å². The van der Waals surface area contributed by atoms with Gasteiger partial charge in [0, 0.05) is 12.8 Å². The normalized spacial score (nSPS) is 29.1. The third-order valence-electron chi connectivity index (χ3n) is 4.32. The van der Waals surface area contributed by atoms with Crippen LogP contribution in [0.5, 0.6) is 0 Å². The molecule has 0 unspecified atom stereocenters. The summed E-state index contributed by atoms with van der Waals surface area (Å²) in [5.74, 6) is 0. The highest BCUT2D eigenvalue weighted by Gasteiger charge is 2.46. The average molecular weight is 274 g/mol. The van der Waals surface area contributed by atoms with Crippen LogP contribution in [0.2, 0.25) is 0 Å². The first-order valence-corrected chi connectivity index (χ1v) is 7.47. The third kappa shape index (κ3) is 2.34. The maximum atomic E-state index is 6.43. The molecule has 2 heterocycles. The smallest absolute Gasteiger partial charge is 0.110 e. The van der Waals surface area contributed by atoms with Gasteiger partial charge < -0.3 is 4.74 Å². The zero-order valence-electron chi connectivity index (χ0n) is 11.9. The number of hydrogen-bond acceptors (Lipinski definition) is 1. The number of ether oxygens (including phenoxy) is 1. The minimum absolute atomic E-state index is 0.254. The highest BCUT2D eigenvalue weighted by atomic mass is 16.5. The highest BCUT2D eigenvalue weighted by molar-refractivity contribution is 5.41. The molecule has 0 aromatic heterocycles. The Morgan fingerprint density at radius 3 is 1.33 bits per heavy atom. The van der Waals surface area contributed by atoms with Crippen LogP contribution in [-0.4, -0.2) is 11.2 Å². The Balaban J connectivity index is 1.54. The molecule has 0 aliphatic carbocycles. The fourth-order valence-electron chi connectivity index (χ4n) is 3.30. The fraction of sp³-hybridized carbons (Fsp3) is 0.200. The van der Waals surface area contributed by atoms with E-state index >= 15 is 0 Å². The van der Waals surface area contributed by atoms with Gasteiger partial charge in [-0.1, -0.05) is 60.7 Å². The van der Waals surface area contributed by atoms with Crippen molar-refractivity contribution in [2.24, 2.45) is 0 Å². The number of fused-ring (bicyclic) bond motifs is 2. The Bertz CT molecular complexity index is 609. The van der Waals surface area contributed by atoms with E-state index < -0.39 is 0 Å². The van der Waals surface area contributed by atoms with Crippen molar-refractivity contribution in [3.05, 3.63) is 96.1 Å². The molecular weight excluding hydrogens is 256 g/mol. The van der Waals surface area contributed by atoms with E-state index in [1.807, 2.05) is 0 Å². The molecule has 0 N–H and O–H groups in total. The third-order valence-corrected chi connectivity index (χ3v) is 4.32.